The number of aromatic nitrogens is 1. The Bertz CT molecular complexity index is 647. The first-order valence-electron chi connectivity index (χ1n) is 6.51. The zero-order valence-electron chi connectivity index (χ0n) is 11.1. The van der Waals surface area contributed by atoms with Crippen molar-refractivity contribution in [2.24, 2.45) is 0 Å². The topological polar surface area (TPSA) is 43.3 Å². The summed E-state index contributed by atoms with van der Waals surface area (Å²) in [5, 5.41) is 2.92. The summed E-state index contributed by atoms with van der Waals surface area (Å²) in [6.07, 6.45) is 4.27. The fraction of sp³-hybridized carbons (Fsp3) is 0.267. The van der Waals surface area contributed by atoms with Crippen molar-refractivity contribution < 1.29 is 9.53 Å². The lowest BCUT2D eigenvalue weighted by molar-refractivity contribution is 0.101. The van der Waals surface area contributed by atoms with E-state index in [1.165, 1.54) is 0 Å². The van der Waals surface area contributed by atoms with Crippen LogP contribution < -0.4 is 10.1 Å². The normalized spacial score (nSPS) is 14.1. The van der Waals surface area contributed by atoms with Gasteiger partial charge in [-0.05, 0) is 53.0 Å². The predicted molar refractivity (Wildman–Crippen MR) is 81.4 cm³/mol. The van der Waals surface area contributed by atoms with Gasteiger partial charge in [0.15, 0.2) is 0 Å². The first-order chi connectivity index (χ1) is 9.69. The molecule has 1 heterocycles. The number of hydrogen-bond acceptors (Lipinski definition) is 2. The number of rotatable bonds is 4. The standard InChI is InChI=1S/C15H15BrN2O2/c1-20-11-6-7-12(16)13(9-11)17-15(19)14-3-2-8-18(14)10-4-5-10/h2-3,6-10H,4-5H2,1H3,(H,17,19). The summed E-state index contributed by atoms with van der Waals surface area (Å²) >= 11 is 3.43. The molecule has 0 unspecified atom stereocenters. The first-order valence-corrected chi connectivity index (χ1v) is 7.30. The number of halogens is 1. The van der Waals surface area contributed by atoms with Gasteiger partial charge in [0.1, 0.15) is 11.4 Å². The van der Waals surface area contributed by atoms with Gasteiger partial charge in [-0.15, -0.1) is 0 Å². The second-order valence-electron chi connectivity index (χ2n) is 4.83. The third kappa shape index (κ3) is 2.58. The molecule has 4 nitrogen and oxygen atoms in total. The second-order valence-corrected chi connectivity index (χ2v) is 5.69. The van der Waals surface area contributed by atoms with Crippen molar-refractivity contribution in [3.63, 3.8) is 0 Å². The molecule has 0 atom stereocenters. The van der Waals surface area contributed by atoms with Gasteiger partial charge in [-0.1, -0.05) is 0 Å². The fourth-order valence-corrected chi connectivity index (χ4v) is 2.52. The van der Waals surface area contributed by atoms with E-state index in [1.807, 2.05) is 35.0 Å². The third-order valence-corrected chi connectivity index (χ3v) is 4.07. The number of carbonyl (C=O) groups excluding carboxylic acids is 1. The van der Waals surface area contributed by atoms with Crippen molar-refractivity contribution in [3.05, 3.63) is 46.7 Å². The van der Waals surface area contributed by atoms with Crippen LogP contribution in [0.25, 0.3) is 0 Å². The Kier molecular flexibility index (Phi) is 3.53. The Hall–Kier alpha value is -1.75. The number of amides is 1. The Morgan fingerprint density at radius 3 is 2.90 bits per heavy atom. The van der Waals surface area contributed by atoms with Crippen molar-refractivity contribution in [2.75, 3.05) is 12.4 Å². The van der Waals surface area contributed by atoms with E-state index in [-0.39, 0.29) is 5.91 Å². The van der Waals surface area contributed by atoms with Crippen LogP contribution in [0, 0.1) is 0 Å². The van der Waals surface area contributed by atoms with Crippen LogP contribution in [0.3, 0.4) is 0 Å². The maximum atomic E-state index is 12.4. The number of hydrogen-bond donors (Lipinski definition) is 1. The van der Waals surface area contributed by atoms with E-state index in [2.05, 4.69) is 21.2 Å². The molecule has 5 heteroatoms. The van der Waals surface area contributed by atoms with Crippen LogP contribution in [-0.4, -0.2) is 17.6 Å². The highest BCUT2D eigenvalue weighted by Crippen LogP contribution is 2.36. The predicted octanol–water partition coefficient (Wildman–Crippen LogP) is 3.85. The summed E-state index contributed by atoms with van der Waals surface area (Å²) < 4.78 is 8.05. The van der Waals surface area contributed by atoms with Crippen molar-refractivity contribution in [2.45, 2.75) is 18.9 Å². The SMILES string of the molecule is COc1ccc(Br)c(NC(=O)c2cccn2C2CC2)c1. The van der Waals surface area contributed by atoms with Gasteiger partial charge in [-0.2, -0.15) is 0 Å². The highest BCUT2D eigenvalue weighted by Gasteiger charge is 2.26. The molecule has 20 heavy (non-hydrogen) atoms. The van der Waals surface area contributed by atoms with Crippen molar-refractivity contribution >= 4 is 27.5 Å². The summed E-state index contributed by atoms with van der Waals surface area (Å²) in [6.45, 7) is 0. The van der Waals surface area contributed by atoms with Gasteiger partial charge in [-0.25, -0.2) is 0 Å². The van der Waals surface area contributed by atoms with Crippen LogP contribution in [0.5, 0.6) is 5.75 Å². The molecule has 0 saturated heterocycles. The number of ether oxygens (including phenoxy) is 1. The Morgan fingerprint density at radius 2 is 2.20 bits per heavy atom. The molecule has 1 fully saturated rings. The number of benzene rings is 1. The van der Waals surface area contributed by atoms with Crippen molar-refractivity contribution in [3.8, 4) is 5.75 Å². The molecule has 1 aromatic heterocycles. The van der Waals surface area contributed by atoms with E-state index >= 15 is 0 Å². The molecule has 0 aliphatic heterocycles. The lowest BCUT2D eigenvalue weighted by atomic mass is 10.3. The van der Waals surface area contributed by atoms with Crippen LogP contribution in [0.15, 0.2) is 41.0 Å². The quantitative estimate of drug-likeness (QED) is 0.922. The van der Waals surface area contributed by atoms with E-state index in [1.54, 1.807) is 13.2 Å². The van der Waals surface area contributed by atoms with Gasteiger partial charge < -0.3 is 14.6 Å². The molecule has 1 aliphatic rings. The highest BCUT2D eigenvalue weighted by atomic mass is 79.9. The van der Waals surface area contributed by atoms with Gasteiger partial charge in [0.25, 0.3) is 5.91 Å². The Labute approximate surface area is 125 Å². The van der Waals surface area contributed by atoms with Crippen LogP contribution in [0.2, 0.25) is 0 Å². The number of carbonyl (C=O) groups is 1. The number of methoxy groups -OCH3 is 1. The molecule has 1 N–H and O–H groups in total. The van der Waals surface area contributed by atoms with Gasteiger partial charge in [0.05, 0.1) is 12.8 Å². The number of nitrogens with one attached hydrogen (secondary N) is 1. The second kappa shape index (κ2) is 5.32. The lowest BCUT2D eigenvalue weighted by Gasteiger charge is -2.11. The zero-order chi connectivity index (χ0) is 14.1. The van der Waals surface area contributed by atoms with Gasteiger partial charge in [0.2, 0.25) is 0 Å². The summed E-state index contributed by atoms with van der Waals surface area (Å²) in [5.41, 5.74) is 1.40. The van der Waals surface area contributed by atoms with Gasteiger partial charge >= 0.3 is 0 Å². The highest BCUT2D eigenvalue weighted by molar-refractivity contribution is 9.10. The number of nitrogens with zero attached hydrogens (tertiary/aromatic N) is 1. The molecule has 2 aromatic rings. The molecule has 1 aromatic carbocycles. The molecule has 1 amide bonds. The van der Waals surface area contributed by atoms with Crippen LogP contribution in [0.4, 0.5) is 5.69 Å². The molecule has 104 valence electrons. The average molecular weight is 335 g/mol. The Balaban J connectivity index is 1.83. The third-order valence-electron chi connectivity index (χ3n) is 3.37. The van der Waals surface area contributed by atoms with E-state index in [9.17, 15) is 4.79 Å². The molecule has 3 rings (SSSR count). The van der Waals surface area contributed by atoms with E-state index in [0.29, 0.717) is 23.2 Å². The summed E-state index contributed by atoms with van der Waals surface area (Å²) in [4.78, 5) is 12.4. The monoisotopic (exact) mass is 334 g/mol. The largest absolute Gasteiger partial charge is 0.497 e. The van der Waals surface area contributed by atoms with E-state index in [0.717, 1.165) is 17.3 Å². The lowest BCUT2D eigenvalue weighted by Crippen LogP contribution is -2.16. The average Bonchev–Trinajstić information content (AvgIpc) is 3.18. The van der Waals surface area contributed by atoms with Gasteiger partial charge in [0, 0.05) is 22.8 Å². The maximum Gasteiger partial charge on any atom is 0.272 e. The first kappa shape index (κ1) is 13.2. The summed E-state index contributed by atoms with van der Waals surface area (Å²) in [5.74, 6) is 0.608. The minimum Gasteiger partial charge on any atom is -0.497 e. The molecule has 1 aliphatic carbocycles. The van der Waals surface area contributed by atoms with Crippen LogP contribution >= 0.6 is 15.9 Å². The molecular formula is C15H15BrN2O2. The van der Waals surface area contributed by atoms with E-state index < -0.39 is 0 Å². The summed E-state index contributed by atoms with van der Waals surface area (Å²) in [7, 11) is 1.60. The number of anilines is 1. The van der Waals surface area contributed by atoms with Gasteiger partial charge in [-0.3, -0.25) is 4.79 Å². The van der Waals surface area contributed by atoms with Crippen molar-refractivity contribution in [1.82, 2.24) is 4.57 Å². The molecular weight excluding hydrogens is 320 g/mol. The molecule has 0 spiro atoms. The zero-order valence-corrected chi connectivity index (χ0v) is 12.7. The minimum atomic E-state index is -0.101. The molecule has 1 saturated carbocycles. The fourth-order valence-electron chi connectivity index (χ4n) is 2.17. The molecule has 0 bridgehead atoms. The molecule has 0 radical (unpaired) electrons. The summed E-state index contributed by atoms with van der Waals surface area (Å²) in [6, 6.07) is 9.74. The maximum absolute atomic E-state index is 12.4. The van der Waals surface area contributed by atoms with E-state index in [4.69, 9.17) is 4.74 Å². The van der Waals surface area contributed by atoms with Crippen molar-refractivity contribution in [1.29, 1.82) is 0 Å². The van der Waals surface area contributed by atoms with Crippen LogP contribution in [-0.2, 0) is 0 Å². The Morgan fingerprint density at radius 1 is 1.40 bits per heavy atom. The minimum absolute atomic E-state index is 0.101. The van der Waals surface area contributed by atoms with Crippen LogP contribution in [0.1, 0.15) is 29.4 Å². The smallest absolute Gasteiger partial charge is 0.272 e.